The van der Waals surface area contributed by atoms with Gasteiger partial charge in [0.1, 0.15) is 5.69 Å². The number of allylic oxidation sites excluding steroid dienone is 3. The molecular formula is C26H27F3N2O4. The molecule has 2 aromatic rings. The topological polar surface area (TPSA) is 76.7 Å². The lowest BCUT2D eigenvalue weighted by molar-refractivity contribution is -0.138. The summed E-state index contributed by atoms with van der Waals surface area (Å²) in [6.45, 7) is 2.25. The van der Waals surface area contributed by atoms with Gasteiger partial charge in [-0.15, -0.1) is 0 Å². The second-order valence-electron chi connectivity index (χ2n) is 9.28. The summed E-state index contributed by atoms with van der Waals surface area (Å²) >= 11 is 0. The summed E-state index contributed by atoms with van der Waals surface area (Å²) < 4.78 is 52.1. The van der Waals surface area contributed by atoms with E-state index in [1.54, 1.807) is 6.92 Å². The Balaban J connectivity index is 1.40. The second kappa shape index (κ2) is 9.18. The van der Waals surface area contributed by atoms with Crippen molar-refractivity contribution in [1.82, 2.24) is 0 Å². The molecule has 2 heterocycles. The highest BCUT2D eigenvalue weighted by molar-refractivity contribution is 5.62. The Labute approximate surface area is 200 Å². The van der Waals surface area contributed by atoms with Gasteiger partial charge in [-0.2, -0.15) is 13.2 Å². The van der Waals surface area contributed by atoms with Gasteiger partial charge >= 0.3 is 6.18 Å². The fraction of sp³-hybridized carbons (Fsp3) is 0.462. The minimum atomic E-state index is -4.45. The summed E-state index contributed by atoms with van der Waals surface area (Å²) in [6, 6.07) is 3.81. The number of halogens is 3. The van der Waals surface area contributed by atoms with Crippen LogP contribution in [0.15, 0.2) is 52.1 Å². The SMILES string of the molecule is CCOc1c(NC[C@H]2CC[C@@H]3[C@H](O2)c2cc(C(F)(F)F)ccc2N[C@H]3C2C=CC=CC2)c(=O)c1=O. The molecule has 1 aliphatic carbocycles. The van der Waals surface area contributed by atoms with E-state index >= 15 is 0 Å². The lowest BCUT2D eigenvalue weighted by Crippen LogP contribution is -2.48. The fourth-order valence-electron chi connectivity index (χ4n) is 5.44. The van der Waals surface area contributed by atoms with Gasteiger partial charge < -0.3 is 20.1 Å². The summed E-state index contributed by atoms with van der Waals surface area (Å²) in [5.74, 6) is 0.234. The van der Waals surface area contributed by atoms with Crippen LogP contribution in [0.25, 0.3) is 0 Å². The Morgan fingerprint density at radius 2 is 2.00 bits per heavy atom. The lowest BCUT2D eigenvalue weighted by atomic mass is 9.73. The molecule has 35 heavy (non-hydrogen) atoms. The summed E-state index contributed by atoms with van der Waals surface area (Å²) in [5, 5.41) is 6.48. The van der Waals surface area contributed by atoms with Crippen LogP contribution in [0.4, 0.5) is 24.5 Å². The molecule has 1 fully saturated rings. The molecule has 186 valence electrons. The van der Waals surface area contributed by atoms with Gasteiger partial charge in [-0.25, -0.2) is 0 Å². The van der Waals surface area contributed by atoms with E-state index in [1.807, 2.05) is 12.2 Å². The first-order valence-electron chi connectivity index (χ1n) is 11.9. The van der Waals surface area contributed by atoms with Crippen LogP contribution in [0, 0.1) is 11.8 Å². The van der Waals surface area contributed by atoms with Crippen molar-refractivity contribution in [2.24, 2.45) is 11.8 Å². The van der Waals surface area contributed by atoms with E-state index in [1.165, 1.54) is 12.1 Å². The largest absolute Gasteiger partial charge is 0.488 e. The molecule has 0 bridgehead atoms. The van der Waals surface area contributed by atoms with Gasteiger partial charge in [0.2, 0.25) is 0 Å². The molecular weight excluding hydrogens is 461 g/mol. The zero-order valence-electron chi connectivity index (χ0n) is 19.2. The Kier molecular flexibility index (Phi) is 6.21. The van der Waals surface area contributed by atoms with Crippen molar-refractivity contribution in [3.05, 3.63) is 74.1 Å². The molecule has 5 atom stereocenters. The molecule has 0 spiro atoms. The van der Waals surface area contributed by atoms with E-state index in [0.717, 1.165) is 18.9 Å². The highest BCUT2D eigenvalue weighted by Gasteiger charge is 2.45. The Hall–Kier alpha value is -3.07. The van der Waals surface area contributed by atoms with Crippen LogP contribution >= 0.6 is 0 Å². The van der Waals surface area contributed by atoms with Crippen LogP contribution in [0.1, 0.15) is 43.4 Å². The van der Waals surface area contributed by atoms with Gasteiger partial charge in [-0.1, -0.05) is 24.3 Å². The van der Waals surface area contributed by atoms with E-state index in [9.17, 15) is 22.8 Å². The van der Waals surface area contributed by atoms with Crippen molar-refractivity contribution < 1.29 is 22.6 Å². The van der Waals surface area contributed by atoms with Gasteiger partial charge in [-0.05, 0) is 44.4 Å². The van der Waals surface area contributed by atoms with Crippen LogP contribution in [-0.2, 0) is 10.9 Å². The van der Waals surface area contributed by atoms with Gasteiger partial charge in [0.15, 0.2) is 5.75 Å². The Morgan fingerprint density at radius 3 is 2.71 bits per heavy atom. The number of alkyl halides is 3. The molecule has 2 N–H and O–H groups in total. The highest BCUT2D eigenvalue weighted by Crippen LogP contribution is 2.49. The molecule has 1 saturated heterocycles. The standard InChI is InChI=1S/C26H27F3N2O4/c1-2-34-25-21(22(32)23(25)33)30-13-16-9-10-17-20(14-6-4-3-5-7-14)31-19-11-8-15(26(27,28)29)12-18(19)24(17)35-16/h3-6,8,11-12,14,16-17,20,24,30-31H,2,7,9-10,13H2,1H3/t14?,16-,17+,20+,24+/m1/s1. The number of fused-ring (bicyclic) bond motifs is 3. The van der Waals surface area contributed by atoms with E-state index in [-0.39, 0.29) is 48.6 Å². The summed E-state index contributed by atoms with van der Waals surface area (Å²) in [6.07, 6.45) is 5.21. The van der Waals surface area contributed by atoms with Crippen molar-refractivity contribution in [2.45, 2.75) is 50.6 Å². The van der Waals surface area contributed by atoms with Crippen molar-refractivity contribution >= 4 is 11.4 Å². The number of benzene rings is 1. The average Bonchev–Trinajstić information content (AvgIpc) is 2.87. The molecule has 2 aromatic carbocycles. The molecule has 1 unspecified atom stereocenters. The van der Waals surface area contributed by atoms with Crippen LogP contribution in [0.3, 0.4) is 0 Å². The van der Waals surface area contributed by atoms with Gasteiger partial charge in [-0.3, -0.25) is 9.59 Å². The maximum atomic E-state index is 13.5. The molecule has 0 amide bonds. The third-order valence-electron chi connectivity index (χ3n) is 7.16. The molecule has 6 nitrogen and oxygen atoms in total. The summed E-state index contributed by atoms with van der Waals surface area (Å²) in [7, 11) is 0. The molecule has 0 radical (unpaired) electrons. The molecule has 2 aliphatic heterocycles. The van der Waals surface area contributed by atoms with Gasteiger partial charge in [0.05, 0.1) is 24.4 Å². The zero-order chi connectivity index (χ0) is 24.7. The second-order valence-corrected chi connectivity index (χ2v) is 9.28. The van der Waals surface area contributed by atoms with Crippen LogP contribution in [-0.4, -0.2) is 25.3 Å². The number of nitrogens with one attached hydrogen (secondary N) is 2. The lowest BCUT2D eigenvalue weighted by Gasteiger charge is -2.47. The molecule has 3 aliphatic rings. The first-order valence-corrected chi connectivity index (χ1v) is 11.9. The van der Waals surface area contributed by atoms with Crippen molar-refractivity contribution in [3.63, 3.8) is 0 Å². The quantitative estimate of drug-likeness (QED) is 0.580. The number of hydrogen-bond donors (Lipinski definition) is 2. The van der Waals surface area contributed by atoms with Crippen molar-refractivity contribution in [1.29, 1.82) is 0 Å². The number of ether oxygens (including phenoxy) is 2. The fourth-order valence-corrected chi connectivity index (χ4v) is 5.44. The molecule has 5 rings (SSSR count). The monoisotopic (exact) mass is 488 g/mol. The zero-order valence-corrected chi connectivity index (χ0v) is 19.2. The van der Waals surface area contributed by atoms with E-state index < -0.39 is 28.7 Å². The van der Waals surface area contributed by atoms with Gasteiger partial charge in [0, 0.05) is 35.7 Å². The van der Waals surface area contributed by atoms with E-state index in [0.29, 0.717) is 17.7 Å². The molecule has 9 heteroatoms. The van der Waals surface area contributed by atoms with Crippen LogP contribution < -0.4 is 26.2 Å². The van der Waals surface area contributed by atoms with E-state index in [4.69, 9.17) is 9.47 Å². The molecule has 0 aromatic heterocycles. The van der Waals surface area contributed by atoms with Crippen LogP contribution in [0.5, 0.6) is 5.75 Å². The highest BCUT2D eigenvalue weighted by atomic mass is 19.4. The predicted molar refractivity (Wildman–Crippen MR) is 127 cm³/mol. The van der Waals surface area contributed by atoms with Gasteiger partial charge in [0.25, 0.3) is 10.9 Å². The summed E-state index contributed by atoms with van der Waals surface area (Å²) in [4.78, 5) is 23.7. The smallest absolute Gasteiger partial charge is 0.416 e. The van der Waals surface area contributed by atoms with Crippen LogP contribution in [0.2, 0.25) is 0 Å². The average molecular weight is 489 g/mol. The third kappa shape index (κ3) is 4.37. The number of rotatable bonds is 6. The first-order chi connectivity index (χ1) is 16.8. The Bertz CT molecular complexity index is 1230. The van der Waals surface area contributed by atoms with Crippen molar-refractivity contribution in [2.75, 3.05) is 23.8 Å². The molecule has 0 saturated carbocycles. The summed E-state index contributed by atoms with van der Waals surface area (Å²) in [5.41, 5.74) is -0.675. The first kappa shape index (κ1) is 23.7. The van der Waals surface area contributed by atoms with Crippen molar-refractivity contribution in [3.8, 4) is 5.75 Å². The normalized spacial score (nSPS) is 27.7. The van der Waals surface area contributed by atoms with E-state index in [2.05, 4.69) is 22.8 Å². The number of hydrogen-bond acceptors (Lipinski definition) is 6. The maximum Gasteiger partial charge on any atom is 0.416 e. The predicted octanol–water partition coefficient (Wildman–Crippen LogP) is 4.57. The minimum Gasteiger partial charge on any atom is -0.488 e. The minimum absolute atomic E-state index is 0.00602. The number of anilines is 2. The maximum absolute atomic E-state index is 13.5. The third-order valence-corrected chi connectivity index (χ3v) is 7.16. The Morgan fingerprint density at radius 1 is 1.17 bits per heavy atom.